The van der Waals surface area contributed by atoms with Gasteiger partial charge in [0.25, 0.3) is 5.91 Å². The second-order valence-corrected chi connectivity index (χ2v) is 6.10. The van der Waals surface area contributed by atoms with Gasteiger partial charge in [0, 0.05) is 16.8 Å². The number of nitrogens with one attached hydrogen (secondary N) is 1. The van der Waals surface area contributed by atoms with Crippen molar-refractivity contribution >= 4 is 23.2 Å². The van der Waals surface area contributed by atoms with Crippen LogP contribution < -0.4 is 11.1 Å². The van der Waals surface area contributed by atoms with Crippen LogP contribution in [-0.2, 0) is 6.54 Å². The van der Waals surface area contributed by atoms with Crippen molar-refractivity contribution < 1.29 is 4.79 Å². The van der Waals surface area contributed by atoms with Gasteiger partial charge in [0.1, 0.15) is 16.4 Å². The summed E-state index contributed by atoms with van der Waals surface area (Å²) >= 11 is 1.44. The lowest BCUT2D eigenvalue weighted by Gasteiger charge is -2.06. The molecule has 3 aromatic rings. The number of aryl methyl sites for hydroxylation is 2. The first-order chi connectivity index (χ1) is 11.5. The van der Waals surface area contributed by atoms with Crippen LogP contribution in [0.3, 0.4) is 0 Å². The van der Waals surface area contributed by atoms with E-state index >= 15 is 0 Å². The Morgan fingerprint density at radius 1 is 1.17 bits per heavy atom. The highest BCUT2D eigenvalue weighted by Crippen LogP contribution is 2.22. The number of rotatable bonds is 4. The number of hydrogen-bond acceptors (Lipinski definition) is 7. The van der Waals surface area contributed by atoms with Crippen LogP contribution in [0.5, 0.6) is 0 Å². The maximum Gasteiger partial charge on any atom is 0.270 e. The van der Waals surface area contributed by atoms with Gasteiger partial charge >= 0.3 is 0 Å². The number of carbonyl (C=O) groups is 1. The smallest absolute Gasteiger partial charge is 0.270 e. The van der Waals surface area contributed by atoms with E-state index < -0.39 is 0 Å². The minimum Gasteiger partial charge on any atom is -0.368 e. The lowest BCUT2D eigenvalue weighted by atomic mass is 10.3. The van der Waals surface area contributed by atoms with Crippen molar-refractivity contribution in [3.8, 4) is 10.7 Å². The number of thiazole rings is 1. The Hall–Kier alpha value is -2.87. The molecule has 0 radical (unpaired) electrons. The molecule has 0 fully saturated rings. The van der Waals surface area contributed by atoms with Gasteiger partial charge in [-0.3, -0.25) is 9.78 Å². The zero-order valence-corrected chi connectivity index (χ0v) is 14.1. The van der Waals surface area contributed by atoms with Gasteiger partial charge in [-0.15, -0.1) is 11.3 Å². The minimum atomic E-state index is -0.332. The van der Waals surface area contributed by atoms with Crippen molar-refractivity contribution in [3.05, 3.63) is 52.4 Å². The Kier molecular flexibility index (Phi) is 4.48. The van der Waals surface area contributed by atoms with Crippen molar-refractivity contribution in [2.45, 2.75) is 20.4 Å². The maximum atomic E-state index is 12.3. The zero-order chi connectivity index (χ0) is 17.1. The van der Waals surface area contributed by atoms with Gasteiger partial charge < -0.3 is 11.1 Å². The minimum absolute atomic E-state index is 0.0409. The average Bonchev–Trinajstić information content (AvgIpc) is 2.99. The molecule has 0 atom stereocenters. The molecule has 122 valence electrons. The standard InChI is InChI=1S/C16H16N6OS/c1-9-4-3-5-11(19-9)7-18-14(23)12-6-13(22-16(17)21-12)15-20-10(2)8-24-15/h3-6,8H,7H2,1-2H3,(H,18,23)(H2,17,21,22). The first-order valence-electron chi connectivity index (χ1n) is 7.29. The molecule has 0 aliphatic heterocycles. The average molecular weight is 340 g/mol. The van der Waals surface area contributed by atoms with Gasteiger partial charge in [-0.05, 0) is 32.0 Å². The molecule has 0 aliphatic carbocycles. The van der Waals surface area contributed by atoms with Gasteiger partial charge in [-0.2, -0.15) is 0 Å². The van der Waals surface area contributed by atoms with Crippen molar-refractivity contribution in [1.82, 2.24) is 25.3 Å². The Morgan fingerprint density at radius 3 is 2.71 bits per heavy atom. The largest absolute Gasteiger partial charge is 0.368 e. The molecule has 0 unspecified atom stereocenters. The van der Waals surface area contributed by atoms with Gasteiger partial charge in [0.05, 0.1) is 12.2 Å². The summed E-state index contributed by atoms with van der Waals surface area (Å²) in [5.41, 5.74) is 9.05. The Balaban J connectivity index is 1.78. The molecule has 0 saturated heterocycles. The van der Waals surface area contributed by atoms with Gasteiger partial charge in [0.15, 0.2) is 0 Å². The third-order valence-corrected chi connectivity index (χ3v) is 4.17. The summed E-state index contributed by atoms with van der Waals surface area (Å²) in [5, 5.41) is 5.41. The molecule has 1 amide bonds. The number of anilines is 1. The van der Waals surface area contributed by atoms with E-state index in [1.54, 1.807) is 6.07 Å². The van der Waals surface area contributed by atoms with Crippen molar-refractivity contribution in [2.24, 2.45) is 0 Å². The van der Waals surface area contributed by atoms with Crippen LogP contribution in [0.25, 0.3) is 10.7 Å². The van der Waals surface area contributed by atoms with Crippen LogP contribution in [0.4, 0.5) is 5.95 Å². The SMILES string of the molecule is Cc1cccc(CNC(=O)c2cc(-c3nc(C)cs3)nc(N)n2)n1. The van der Waals surface area contributed by atoms with Gasteiger partial charge in [0.2, 0.25) is 5.95 Å². The predicted molar refractivity (Wildman–Crippen MR) is 92.4 cm³/mol. The molecule has 3 N–H and O–H groups in total. The number of amides is 1. The van der Waals surface area contributed by atoms with Crippen LogP contribution in [0.1, 0.15) is 27.6 Å². The van der Waals surface area contributed by atoms with Crippen LogP contribution in [0, 0.1) is 13.8 Å². The van der Waals surface area contributed by atoms with E-state index in [1.807, 2.05) is 37.4 Å². The van der Waals surface area contributed by atoms with Crippen LogP contribution in [-0.4, -0.2) is 25.8 Å². The quantitative estimate of drug-likeness (QED) is 0.753. The molecule has 0 aliphatic rings. The van der Waals surface area contributed by atoms with E-state index in [0.29, 0.717) is 17.2 Å². The van der Waals surface area contributed by atoms with E-state index in [2.05, 4.69) is 25.3 Å². The van der Waals surface area contributed by atoms with E-state index in [-0.39, 0.29) is 17.5 Å². The summed E-state index contributed by atoms with van der Waals surface area (Å²) in [6, 6.07) is 7.24. The zero-order valence-electron chi connectivity index (χ0n) is 13.3. The normalized spacial score (nSPS) is 10.6. The van der Waals surface area contributed by atoms with Crippen molar-refractivity contribution in [2.75, 3.05) is 5.73 Å². The summed E-state index contributed by atoms with van der Waals surface area (Å²) in [5.74, 6) is -0.291. The molecule has 7 nitrogen and oxygen atoms in total. The Labute approximate surface area is 143 Å². The molecule has 0 aromatic carbocycles. The fourth-order valence-corrected chi connectivity index (χ4v) is 2.88. The number of nitrogen functional groups attached to an aromatic ring is 1. The highest BCUT2D eigenvalue weighted by molar-refractivity contribution is 7.13. The summed E-state index contributed by atoms with van der Waals surface area (Å²) < 4.78 is 0. The third-order valence-electron chi connectivity index (χ3n) is 3.19. The molecule has 8 heteroatoms. The number of carbonyl (C=O) groups excluding carboxylic acids is 1. The number of pyridine rings is 1. The lowest BCUT2D eigenvalue weighted by Crippen LogP contribution is -2.25. The molecule has 3 heterocycles. The predicted octanol–water partition coefficient (Wildman–Crippen LogP) is 2.12. The van der Waals surface area contributed by atoms with E-state index in [9.17, 15) is 4.79 Å². The number of aromatic nitrogens is 4. The molecule has 0 bridgehead atoms. The molecule has 3 aromatic heterocycles. The molecule has 24 heavy (non-hydrogen) atoms. The molecular weight excluding hydrogens is 324 g/mol. The van der Waals surface area contributed by atoms with E-state index in [0.717, 1.165) is 17.1 Å². The van der Waals surface area contributed by atoms with E-state index in [4.69, 9.17) is 5.73 Å². The second kappa shape index (κ2) is 6.71. The fourth-order valence-electron chi connectivity index (χ4n) is 2.12. The Bertz CT molecular complexity index is 892. The highest BCUT2D eigenvalue weighted by atomic mass is 32.1. The summed E-state index contributed by atoms with van der Waals surface area (Å²) in [6.45, 7) is 4.11. The van der Waals surface area contributed by atoms with Crippen molar-refractivity contribution in [3.63, 3.8) is 0 Å². The summed E-state index contributed by atoms with van der Waals surface area (Å²) in [6.07, 6.45) is 0. The number of nitrogens with two attached hydrogens (primary N) is 1. The second-order valence-electron chi connectivity index (χ2n) is 5.24. The van der Waals surface area contributed by atoms with Crippen LogP contribution in [0.15, 0.2) is 29.6 Å². The third kappa shape index (κ3) is 3.72. The van der Waals surface area contributed by atoms with Crippen LogP contribution in [0.2, 0.25) is 0 Å². The first kappa shape index (κ1) is 16.0. The lowest BCUT2D eigenvalue weighted by molar-refractivity contribution is 0.0945. The van der Waals surface area contributed by atoms with Crippen LogP contribution >= 0.6 is 11.3 Å². The maximum absolute atomic E-state index is 12.3. The molecule has 0 spiro atoms. The summed E-state index contributed by atoms with van der Waals surface area (Å²) in [4.78, 5) is 29.2. The molecular formula is C16H16N6OS. The number of hydrogen-bond donors (Lipinski definition) is 2. The van der Waals surface area contributed by atoms with E-state index in [1.165, 1.54) is 11.3 Å². The monoisotopic (exact) mass is 340 g/mol. The highest BCUT2D eigenvalue weighted by Gasteiger charge is 2.13. The van der Waals surface area contributed by atoms with Gasteiger partial charge in [-0.25, -0.2) is 15.0 Å². The van der Waals surface area contributed by atoms with Crippen molar-refractivity contribution in [1.29, 1.82) is 0 Å². The number of nitrogens with zero attached hydrogens (tertiary/aromatic N) is 4. The van der Waals surface area contributed by atoms with Gasteiger partial charge in [-0.1, -0.05) is 6.07 Å². The fraction of sp³-hybridized carbons (Fsp3) is 0.188. The summed E-state index contributed by atoms with van der Waals surface area (Å²) in [7, 11) is 0. The first-order valence-corrected chi connectivity index (χ1v) is 8.17. The topological polar surface area (TPSA) is 107 Å². The Morgan fingerprint density at radius 2 is 2.00 bits per heavy atom. The molecule has 3 rings (SSSR count). The molecule has 0 saturated carbocycles.